The van der Waals surface area contributed by atoms with E-state index in [0.29, 0.717) is 12.3 Å². The average molecular weight is 542 g/mol. The maximum absolute atomic E-state index is 12.0. The monoisotopic (exact) mass is 541 g/mol. The zero-order valence-electron chi connectivity index (χ0n) is 22.8. The summed E-state index contributed by atoms with van der Waals surface area (Å²) in [6.45, 7) is 7.36. The lowest BCUT2D eigenvalue weighted by molar-refractivity contribution is -0.270. The van der Waals surface area contributed by atoms with E-state index in [9.17, 15) is 19.2 Å². The quantitative estimate of drug-likeness (QED) is 0.182. The molecule has 0 aromatic carbocycles. The Morgan fingerprint density at radius 2 is 1.45 bits per heavy atom. The first-order valence-electron chi connectivity index (χ1n) is 12.9. The van der Waals surface area contributed by atoms with Gasteiger partial charge in [-0.3, -0.25) is 19.2 Å². The van der Waals surface area contributed by atoms with Crippen molar-refractivity contribution in [2.24, 2.45) is 0 Å². The fourth-order valence-corrected chi connectivity index (χ4v) is 4.08. The second kappa shape index (κ2) is 16.0. The fraction of sp³-hybridized carbons (Fsp3) is 0.760. The zero-order chi connectivity index (χ0) is 28.1. The number of hydrogen-bond donors (Lipinski definition) is 0. The summed E-state index contributed by atoms with van der Waals surface area (Å²) in [5, 5.41) is 8.19. The molecule has 5 atom stereocenters. The largest absolute Gasteiger partial charge is 0.463 e. The molecule has 1 aromatic rings. The molecule has 38 heavy (non-hydrogen) atoms. The molecular weight excluding hydrogens is 502 g/mol. The Morgan fingerprint density at radius 3 is 2.08 bits per heavy atom. The van der Waals surface area contributed by atoms with Gasteiger partial charge in [-0.1, -0.05) is 44.2 Å². The van der Waals surface area contributed by atoms with Gasteiger partial charge in [-0.2, -0.15) is 0 Å². The summed E-state index contributed by atoms with van der Waals surface area (Å²) >= 11 is 0. The molecule has 0 radical (unpaired) electrons. The molecular formula is C25H39N3O10. The molecule has 1 aliphatic heterocycles. The van der Waals surface area contributed by atoms with Gasteiger partial charge in [0.15, 0.2) is 24.5 Å². The summed E-state index contributed by atoms with van der Waals surface area (Å²) < 4.78 is 34.4. The van der Waals surface area contributed by atoms with Crippen LogP contribution in [-0.4, -0.2) is 76.5 Å². The lowest BCUT2D eigenvalue weighted by atomic mass is 9.97. The molecule has 1 saturated heterocycles. The minimum atomic E-state index is -1.28. The van der Waals surface area contributed by atoms with Crippen LogP contribution in [-0.2, 0) is 54.2 Å². The SMILES string of the molecule is CCCCCCCCOCc1cn([C@@H]2O[C@H](COC(C)=O)[C@@H](OC(C)=O)[C@H](OC(C)=O)[C@H]2OC(C)=O)nn1. The van der Waals surface area contributed by atoms with E-state index >= 15 is 0 Å². The molecule has 0 aliphatic carbocycles. The Kier molecular flexibility index (Phi) is 13.1. The molecule has 13 heteroatoms. The van der Waals surface area contributed by atoms with Crippen molar-refractivity contribution < 1.29 is 47.6 Å². The molecule has 0 unspecified atom stereocenters. The van der Waals surface area contributed by atoms with Crippen molar-refractivity contribution in [2.45, 2.75) is 110 Å². The number of aromatic nitrogens is 3. The van der Waals surface area contributed by atoms with E-state index in [-0.39, 0.29) is 13.2 Å². The fourth-order valence-electron chi connectivity index (χ4n) is 4.08. The van der Waals surface area contributed by atoms with E-state index in [0.717, 1.165) is 26.7 Å². The van der Waals surface area contributed by atoms with Gasteiger partial charge in [0.1, 0.15) is 18.4 Å². The summed E-state index contributed by atoms with van der Waals surface area (Å²) in [7, 11) is 0. The average Bonchev–Trinajstić information content (AvgIpc) is 3.30. The maximum Gasteiger partial charge on any atom is 0.303 e. The first-order chi connectivity index (χ1) is 18.1. The van der Waals surface area contributed by atoms with Crippen molar-refractivity contribution in [3.8, 4) is 0 Å². The second-order valence-electron chi connectivity index (χ2n) is 9.10. The minimum Gasteiger partial charge on any atom is -0.463 e. The molecule has 2 heterocycles. The summed E-state index contributed by atoms with van der Waals surface area (Å²) in [6.07, 6.45) is 2.45. The molecule has 0 bridgehead atoms. The highest BCUT2D eigenvalue weighted by Crippen LogP contribution is 2.34. The van der Waals surface area contributed by atoms with Crippen molar-refractivity contribution in [2.75, 3.05) is 13.2 Å². The third-order valence-electron chi connectivity index (χ3n) is 5.68. The Morgan fingerprint density at radius 1 is 0.842 bits per heavy atom. The van der Waals surface area contributed by atoms with E-state index in [2.05, 4.69) is 17.2 Å². The summed E-state index contributed by atoms with van der Waals surface area (Å²) in [4.78, 5) is 47.3. The van der Waals surface area contributed by atoms with Gasteiger partial charge in [-0.15, -0.1) is 5.10 Å². The molecule has 0 amide bonds. The van der Waals surface area contributed by atoms with Crippen LogP contribution in [0.5, 0.6) is 0 Å². The van der Waals surface area contributed by atoms with Crippen molar-refractivity contribution in [1.29, 1.82) is 0 Å². The predicted octanol–water partition coefficient (Wildman–Crippen LogP) is 2.41. The molecule has 1 aromatic heterocycles. The van der Waals surface area contributed by atoms with Crippen LogP contribution in [0.2, 0.25) is 0 Å². The molecule has 1 fully saturated rings. The number of rotatable bonds is 15. The van der Waals surface area contributed by atoms with Gasteiger partial charge in [0, 0.05) is 34.3 Å². The molecule has 1 aliphatic rings. The van der Waals surface area contributed by atoms with Crippen LogP contribution in [0, 0.1) is 0 Å². The van der Waals surface area contributed by atoms with Crippen LogP contribution in [0.15, 0.2) is 6.20 Å². The molecule has 214 valence electrons. The van der Waals surface area contributed by atoms with Gasteiger partial charge >= 0.3 is 23.9 Å². The second-order valence-corrected chi connectivity index (χ2v) is 9.10. The van der Waals surface area contributed by atoms with E-state index in [4.69, 9.17) is 28.4 Å². The lowest BCUT2D eigenvalue weighted by Gasteiger charge is -2.44. The van der Waals surface area contributed by atoms with Crippen LogP contribution < -0.4 is 0 Å². The lowest BCUT2D eigenvalue weighted by Crippen LogP contribution is -2.60. The predicted molar refractivity (Wildman–Crippen MR) is 130 cm³/mol. The maximum atomic E-state index is 12.0. The number of unbranched alkanes of at least 4 members (excludes halogenated alkanes) is 5. The summed E-state index contributed by atoms with van der Waals surface area (Å²) in [5.41, 5.74) is 0.504. The van der Waals surface area contributed by atoms with Crippen molar-refractivity contribution in [3.05, 3.63) is 11.9 Å². The van der Waals surface area contributed by atoms with E-state index in [1.165, 1.54) is 44.2 Å². The third-order valence-corrected chi connectivity index (χ3v) is 5.68. The summed E-state index contributed by atoms with van der Waals surface area (Å²) in [6, 6.07) is 0. The van der Waals surface area contributed by atoms with Crippen LogP contribution in [0.4, 0.5) is 0 Å². The molecule has 0 saturated carbocycles. The zero-order valence-corrected chi connectivity index (χ0v) is 22.8. The first-order valence-corrected chi connectivity index (χ1v) is 12.9. The first kappa shape index (κ1) is 31.2. The van der Waals surface area contributed by atoms with Crippen LogP contribution >= 0.6 is 0 Å². The number of ether oxygens (including phenoxy) is 6. The van der Waals surface area contributed by atoms with Crippen molar-refractivity contribution in [3.63, 3.8) is 0 Å². The Hall–Kier alpha value is -3.06. The molecule has 2 rings (SSSR count). The number of hydrogen-bond acceptors (Lipinski definition) is 12. The Bertz CT molecular complexity index is 921. The smallest absolute Gasteiger partial charge is 0.303 e. The van der Waals surface area contributed by atoms with Gasteiger partial charge in [-0.25, -0.2) is 4.68 Å². The highest BCUT2D eigenvalue weighted by Gasteiger charge is 2.53. The number of carbonyl (C=O) groups is 4. The van der Waals surface area contributed by atoms with Gasteiger partial charge < -0.3 is 28.4 Å². The van der Waals surface area contributed by atoms with Gasteiger partial charge in [0.25, 0.3) is 0 Å². The Balaban J connectivity index is 2.21. The highest BCUT2D eigenvalue weighted by atomic mass is 16.7. The van der Waals surface area contributed by atoms with Crippen molar-refractivity contribution in [1.82, 2.24) is 15.0 Å². The van der Waals surface area contributed by atoms with E-state index in [1.54, 1.807) is 6.20 Å². The topological polar surface area (TPSA) is 154 Å². The molecule has 0 N–H and O–H groups in total. The number of nitrogens with zero attached hydrogens (tertiary/aromatic N) is 3. The van der Waals surface area contributed by atoms with Crippen LogP contribution in [0.25, 0.3) is 0 Å². The van der Waals surface area contributed by atoms with E-state index < -0.39 is 54.5 Å². The number of carbonyl (C=O) groups excluding carboxylic acids is 4. The highest BCUT2D eigenvalue weighted by molar-refractivity contribution is 5.68. The molecule has 0 spiro atoms. The molecule has 13 nitrogen and oxygen atoms in total. The van der Waals surface area contributed by atoms with Crippen molar-refractivity contribution >= 4 is 23.9 Å². The van der Waals surface area contributed by atoms with Gasteiger partial charge in [0.2, 0.25) is 0 Å². The van der Waals surface area contributed by atoms with Crippen LogP contribution in [0.3, 0.4) is 0 Å². The number of esters is 4. The normalized spacial score (nSPS) is 22.9. The van der Waals surface area contributed by atoms with Crippen LogP contribution in [0.1, 0.15) is 85.1 Å². The third kappa shape index (κ3) is 10.4. The van der Waals surface area contributed by atoms with Gasteiger partial charge in [0.05, 0.1) is 12.8 Å². The minimum absolute atomic E-state index is 0.209. The van der Waals surface area contributed by atoms with Gasteiger partial charge in [-0.05, 0) is 6.42 Å². The Labute approximate surface area is 222 Å². The van der Waals surface area contributed by atoms with E-state index in [1.807, 2.05) is 0 Å². The summed E-state index contributed by atoms with van der Waals surface area (Å²) in [5.74, 6) is -2.69. The standard InChI is InChI=1S/C25H39N3O10/c1-6-7-8-9-10-11-12-33-14-20-13-28(27-26-20)25-24(37-19(5)32)23(36-18(4)31)22(35-17(3)30)21(38-25)15-34-16(2)29/h13,21-25H,6-12,14-15H2,1-5H3/t21-,22-,23+,24-,25-/m1/s1.